The van der Waals surface area contributed by atoms with Crippen molar-refractivity contribution in [3.63, 3.8) is 0 Å². The molecule has 1 aromatic heterocycles. The van der Waals surface area contributed by atoms with E-state index in [1.54, 1.807) is 7.11 Å². The van der Waals surface area contributed by atoms with Crippen molar-refractivity contribution in [3.8, 4) is 0 Å². The second kappa shape index (κ2) is 6.26. The molecule has 0 bridgehead atoms. The van der Waals surface area contributed by atoms with Crippen molar-refractivity contribution in [2.45, 2.75) is 32.9 Å². The molecule has 1 aliphatic heterocycles. The highest BCUT2D eigenvalue weighted by Gasteiger charge is 2.29. The van der Waals surface area contributed by atoms with Crippen molar-refractivity contribution in [2.75, 3.05) is 20.2 Å². The molecule has 1 saturated heterocycles. The van der Waals surface area contributed by atoms with Crippen LogP contribution in [0.4, 0.5) is 0 Å². The Morgan fingerprint density at radius 3 is 2.78 bits per heavy atom. The van der Waals surface area contributed by atoms with Crippen LogP contribution < -0.4 is 10.6 Å². The first kappa shape index (κ1) is 15.9. The fourth-order valence-corrected chi connectivity index (χ4v) is 3.29. The highest BCUT2D eigenvalue weighted by atomic mass is 16.5. The van der Waals surface area contributed by atoms with Crippen molar-refractivity contribution in [1.82, 2.24) is 15.6 Å². The van der Waals surface area contributed by atoms with E-state index in [0.29, 0.717) is 5.56 Å². The summed E-state index contributed by atoms with van der Waals surface area (Å²) in [4.78, 5) is 17.4. The maximum absolute atomic E-state index is 12.8. The summed E-state index contributed by atoms with van der Waals surface area (Å²) >= 11 is 0. The Bertz CT molecular complexity index is 758. The number of benzene rings is 1. The van der Waals surface area contributed by atoms with Crippen LogP contribution in [0.25, 0.3) is 10.9 Å². The Labute approximate surface area is 136 Å². The largest absolute Gasteiger partial charge is 0.378 e. The van der Waals surface area contributed by atoms with Gasteiger partial charge in [0.2, 0.25) is 0 Å². The van der Waals surface area contributed by atoms with E-state index in [-0.39, 0.29) is 18.1 Å². The van der Waals surface area contributed by atoms with Crippen molar-refractivity contribution >= 4 is 16.8 Å². The quantitative estimate of drug-likeness (QED) is 0.908. The summed E-state index contributed by atoms with van der Waals surface area (Å²) in [6, 6.07) is 5.98. The number of carbonyl (C=O) groups is 1. The third kappa shape index (κ3) is 3.07. The number of hydrogen-bond donors (Lipinski definition) is 2. The number of methoxy groups -OCH3 is 1. The lowest BCUT2D eigenvalue weighted by molar-refractivity contribution is 0.0781. The maximum atomic E-state index is 12.8. The molecule has 122 valence electrons. The molecule has 2 atom stereocenters. The topological polar surface area (TPSA) is 63.2 Å². The first-order valence-corrected chi connectivity index (χ1v) is 7.92. The summed E-state index contributed by atoms with van der Waals surface area (Å²) in [5.41, 5.74) is 4.65. The molecule has 5 nitrogen and oxygen atoms in total. The lowest BCUT2D eigenvalue weighted by atomic mass is 10.0. The predicted molar refractivity (Wildman–Crippen MR) is 90.9 cm³/mol. The van der Waals surface area contributed by atoms with Gasteiger partial charge in [0, 0.05) is 31.3 Å². The van der Waals surface area contributed by atoms with Crippen molar-refractivity contribution in [3.05, 3.63) is 40.6 Å². The highest BCUT2D eigenvalue weighted by Crippen LogP contribution is 2.23. The van der Waals surface area contributed by atoms with Gasteiger partial charge in [0.15, 0.2) is 0 Å². The van der Waals surface area contributed by atoms with Crippen LogP contribution in [0.2, 0.25) is 0 Å². The Kier molecular flexibility index (Phi) is 4.33. The summed E-state index contributed by atoms with van der Waals surface area (Å²) in [6.07, 6.45) is 0.0108. The SMILES string of the molecule is CO[C@H]1CNC[C@@H]1NC(=O)c1cc(C)nc2c(C)cc(C)cc12. The van der Waals surface area contributed by atoms with Crippen LogP contribution in [-0.2, 0) is 4.74 Å². The fraction of sp³-hybridized carbons (Fsp3) is 0.444. The van der Waals surface area contributed by atoms with E-state index >= 15 is 0 Å². The number of aromatic nitrogens is 1. The highest BCUT2D eigenvalue weighted by molar-refractivity contribution is 6.07. The summed E-state index contributed by atoms with van der Waals surface area (Å²) < 4.78 is 5.42. The first-order chi connectivity index (χ1) is 11.0. The molecular weight excluding hydrogens is 290 g/mol. The van der Waals surface area contributed by atoms with Gasteiger partial charge in [0.1, 0.15) is 0 Å². The van der Waals surface area contributed by atoms with Crippen molar-refractivity contribution in [1.29, 1.82) is 0 Å². The molecule has 0 radical (unpaired) electrons. The number of rotatable bonds is 3. The first-order valence-electron chi connectivity index (χ1n) is 7.92. The molecule has 0 saturated carbocycles. The monoisotopic (exact) mass is 313 g/mol. The van der Waals surface area contributed by atoms with Crippen molar-refractivity contribution < 1.29 is 9.53 Å². The van der Waals surface area contributed by atoms with E-state index in [2.05, 4.69) is 21.7 Å². The van der Waals surface area contributed by atoms with E-state index in [9.17, 15) is 4.79 Å². The molecular formula is C18H23N3O2. The summed E-state index contributed by atoms with van der Waals surface area (Å²) in [5.74, 6) is -0.0683. The second-order valence-corrected chi connectivity index (χ2v) is 6.30. The zero-order chi connectivity index (χ0) is 16.6. The second-order valence-electron chi connectivity index (χ2n) is 6.30. The summed E-state index contributed by atoms with van der Waals surface area (Å²) in [5, 5.41) is 7.25. The molecule has 1 fully saturated rings. The average Bonchev–Trinajstić information content (AvgIpc) is 2.94. The molecule has 1 amide bonds. The molecule has 0 unspecified atom stereocenters. The lowest BCUT2D eigenvalue weighted by Gasteiger charge is -2.19. The van der Waals surface area contributed by atoms with Gasteiger partial charge in [-0.3, -0.25) is 9.78 Å². The molecule has 0 spiro atoms. The zero-order valence-electron chi connectivity index (χ0n) is 14.1. The number of fused-ring (bicyclic) bond motifs is 1. The van der Waals surface area contributed by atoms with E-state index in [1.807, 2.05) is 32.9 Å². The van der Waals surface area contributed by atoms with Crippen LogP contribution in [0.3, 0.4) is 0 Å². The number of pyridine rings is 1. The third-order valence-electron chi connectivity index (χ3n) is 4.40. The van der Waals surface area contributed by atoms with E-state index < -0.39 is 0 Å². The molecule has 2 heterocycles. The Morgan fingerprint density at radius 2 is 2.04 bits per heavy atom. The smallest absolute Gasteiger partial charge is 0.252 e. The van der Waals surface area contributed by atoms with E-state index in [1.165, 1.54) is 0 Å². The number of aryl methyl sites for hydroxylation is 3. The van der Waals surface area contributed by atoms with Crippen LogP contribution in [-0.4, -0.2) is 43.2 Å². The maximum Gasteiger partial charge on any atom is 0.252 e. The minimum absolute atomic E-state index is 0.0108. The fourth-order valence-electron chi connectivity index (χ4n) is 3.29. The summed E-state index contributed by atoms with van der Waals surface area (Å²) in [6.45, 7) is 7.48. The van der Waals surface area contributed by atoms with E-state index in [4.69, 9.17) is 4.74 Å². The minimum atomic E-state index is -0.0683. The molecule has 5 heteroatoms. The number of hydrogen-bond acceptors (Lipinski definition) is 4. The molecule has 1 aliphatic rings. The van der Waals surface area contributed by atoms with Crippen LogP contribution in [0, 0.1) is 20.8 Å². The van der Waals surface area contributed by atoms with Crippen LogP contribution in [0.1, 0.15) is 27.2 Å². The number of nitrogens with zero attached hydrogens (tertiary/aromatic N) is 1. The standard InChI is InChI=1S/C18H23N3O2/c1-10-5-11(2)17-13(6-10)14(7-12(3)20-17)18(22)21-15-8-19-9-16(15)23-4/h5-7,15-16,19H,8-9H2,1-4H3,(H,21,22)/t15-,16-/m0/s1. The molecule has 0 aliphatic carbocycles. The van der Waals surface area contributed by atoms with Crippen molar-refractivity contribution in [2.24, 2.45) is 0 Å². The molecule has 3 rings (SSSR count). The van der Waals surface area contributed by atoms with Gasteiger partial charge >= 0.3 is 0 Å². The van der Waals surface area contributed by atoms with Crippen LogP contribution in [0.5, 0.6) is 0 Å². The zero-order valence-corrected chi connectivity index (χ0v) is 14.1. The third-order valence-corrected chi connectivity index (χ3v) is 4.40. The number of carbonyl (C=O) groups excluding carboxylic acids is 1. The van der Waals surface area contributed by atoms with Crippen LogP contribution >= 0.6 is 0 Å². The normalized spacial score (nSPS) is 20.9. The molecule has 2 N–H and O–H groups in total. The predicted octanol–water partition coefficient (Wildman–Crippen LogP) is 1.88. The van der Waals surface area contributed by atoms with Gasteiger partial charge in [-0.05, 0) is 38.5 Å². The Balaban J connectivity index is 2.00. The number of ether oxygens (including phenoxy) is 1. The Morgan fingerprint density at radius 1 is 1.26 bits per heavy atom. The minimum Gasteiger partial charge on any atom is -0.378 e. The van der Waals surface area contributed by atoms with Gasteiger partial charge in [-0.2, -0.15) is 0 Å². The van der Waals surface area contributed by atoms with Gasteiger partial charge in [0.05, 0.1) is 23.2 Å². The molecule has 1 aromatic carbocycles. The van der Waals surface area contributed by atoms with Gasteiger partial charge < -0.3 is 15.4 Å². The number of nitrogens with one attached hydrogen (secondary N) is 2. The molecule has 2 aromatic rings. The van der Waals surface area contributed by atoms with Gasteiger partial charge in [0.25, 0.3) is 5.91 Å². The number of amides is 1. The van der Waals surface area contributed by atoms with Gasteiger partial charge in [-0.15, -0.1) is 0 Å². The van der Waals surface area contributed by atoms with E-state index in [0.717, 1.165) is 40.8 Å². The van der Waals surface area contributed by atoms with Crippen LogP contribution in [0.15, 0.2) is 18.2 Å². The summed E-state index contributed by atoms with van der Waals surface area (Å²) in [7, 11) is 1.68. The Hall–Kier alpha value is -1.98. The average molecular weight is 313 g/mol. The van der Waals surface area contributed by atoms with Gasteiger partial charge in [-0.1, -0.05) is 11.6 Å². The van der Waals surface area contributed by atoms with Gasteiger partial charge in [-0.25, -0.2) is 0 Å². The molecule has 23 heavy (non-hydrogen) atoms. The lowest BCUT2D eigenvalue weighted by Crippen LogP contribution is -2.43.